The predicted octanol–water partition coefficient (Wildman–Crippen LogP) is 8.09. The standard InChI is InChI=1S/C32H38O/c1-21-17-25(5)31(7,27-15-11-9-13-23(27)3)29(19-21)33-30-20-22(2)18-26(6)32(30,8)28-16-12-10-14-24(28)4/h9-20,29-30H,1-8H3. The Morgan fingerprint density at radius 3 is 1.30 bits per heavy atom. The van der Waals surface area contributed by atoms with Crippen molar-refractivity contribution in [1.82, 2.24) is 0 Å². The highest BCUT2D eigenvalue weighted by molar-refractivity contribution is 5.50. The van der Waals surface area contributed by atoms with Gasteiger partial charge in [0.15, 0.2) is 0 Å². The average molecular weight is 439 g/mol. The molecule has 0 heterocycles. The summed E-state index contributed by atoms with van der Waals surface area (Å²) >= 11 is 0. The van der Waals surface area contributed by atoms with Crippen LogP contribution in [0.15, 0.2) is 95.1 Å². The lowest BCUT2D eigenvalue weighted by Crippen LogP contribution is -2.48. The van der Waals surface area contributed by atoms with Crippen LogP contribution in [-0.4, -0.2) is 12.2 Å². The number of aryl methyl sites for hydroxylation is 2. The van der Waals surface area contributed by atoms with Crippen molar-refractivity contribution in [3.05, 3.63) is 117 Å². The third kappa shape index (κ3) is 3.87. The molecule has 0 radical (unpaired) electrons. The number of hydrogen-bond donors (Lipinski definition) is 0. The molecular weight excluding hydrogens is 400 g/mol. The van der Waals surface area contributed by atoms with E-state index in [0.29, 0.717) is 0 Å². The van der Waals surface area contributed by atoms with Crippen LogP contribution < -0.4 is 0 Å². The fourth-order valence-corrected chi connectivity index (χ4v) is 5.89. The van der Waals surface area contributed by atoms with Gasteiger partial charge in [0.1, 0.15) is 0 Å². The molecule has 0 fully saturated rings. The minimum atomic E-state index is -0.228. The second-order valence-corrected chi connectivity index (χ2v) is 10.5. The summed E-state index contributed by atoms with van der Waals surface area (Å²) in [7, 11) is 0. The summed E-state index contributed by atoms with van der Waals surface area (Å²) in [5, 5.41) is 0. The van der Waals surface area contributed by atoms with E-state index in [0.717, 1.165) is 0 Å². The van der Waals surface area contributed by atoms with Crippen LogP contribution in [0.5, 0.6) is 0 Å². The Kier molecular flexibility index (Phi) is 6.14. The Bertz CT molecular complexity index is 1100. The molecule has 4 unspecified atom stereocenters. The van der Waals surface area contributed by atoms with Crippen molar-refractivity contribution in [2.24, 2.45) is 0 Å². The number of rotatable bonds is 4. The van der Waals surface area contributed by atoms with Crippen LogP contribution in [-0.2, 0) is 15.6 Å². The molecule has 0 N–H and O–H groups in total. The highest BCUT2D eigenvalue weighted by Gasteiger charge is 2.46. The Morgan fingerprint density at radius 2 is 0.939 bits per heavy atom. The molecule has 0 bridgehead atoms. The van der Waals surface area contributed by atoms with Crippen LogP contribution >= 0.6 is 0 Å². The van der Waals surface area contributed by atoms with Gasteiger partial charge in [0.05, 0.1) is 12.2 Å². The average Bonchev–Trinajstić information content (AvgIpc) is 2.75. The maximum atomic E-state index is 7.23. The largest absolute Gasteiger partial charge is 0.364 e. The van der Waals surface area contributed by atoms with E-state index in [2.05, 4.69) is 128 Å². The topological polar surface area (TPSA) is 9.23 Å². The minimum Gasteiger partial charge on any atom is -0.364 e. The smallest absolute Gasteiger partial charge is 0.0901 e. The molecule has 4 rings (SSSR count). The Balaban J connectivity index is 1.84. The van der Waals surface area contributed by atoms with Crippen LogP contribution in [0, 0.1) is 13.8 Å². The molecule has 33 heavy (non-hydrogen) atoms. The van der Waals surface area contributed by atoms with Crippen molar-refractivity contribution in [2.45, 2.75) is 78.4 Å². The Labute approximate surface area is 200 Å². The molecular formula is C32H38O. The van der Waals surface area contributed by atoms with Gasteiger partial charge in [-0.1, -0.05) is 95.1 Å². The van der Waals surface area contributed by atoms with E-state index in [9.17, 15) is 0 Å². The summed E-state index contributed by atoms with van der Waals surface area (Å²) in [6.45, 7) is 18.0. The summed E-state index contributed by atoms with van der Waals surface area (Å²) < 4.78 is 7.23. The van der Waals surface area contributed by atoms with Gasteiger partial charge in [-0.3, -0.25) is 0 Å². The van der Waals surface area contributed by atoms with Crippen LogP contribution in [0.2, 0.25) is 0 Å². The lowest BCUT2D eigenvalue weighted by atomic mass is 9.65. The zero-order valence-corrected chi connectivity index (χ0v) is 21.5. The first-order valence-electron chi connectivity index (χ1n) is 12.1. The minimum absolute atomic E-state index is 0.0631. The van der Waals surface area contributed by atoms with Gasteiger partial charge in [-0.2, -0.15) is 0 Å². The van der Waals surface area contributed by atoms with Crippen LogP contribution in [0.3, 0.4) is 0 Å². The Morgan fingerprint density at radius 1 is 0.576 bits per heavy atom. The molecule has 2 aromatic carbocycles. The zero-order chi connectivity index (χ0) is 24.0. The Hall–Kier alpha value is -2.64. The maximum Gasteiger partial charge on any atom is 0.0901 e. The van der Waals surface area contributed by atoms with Gasteiger partial charge >= 0.3 is 0 Å². The van der Waals surface area contributed by atoms with Crippen molar-refractivity contribution < 1.29 is 4.74 Å². The van der Waals surface area contributed by atoms with Gasteiger partial charge in [-0.25, -0.2) is 0 Å². The van der Waals surface area contributed by atoms with Gasteiger partial charge < -0.3 is 4.74 Å². The van der Waals surface area contributed by atoms with E-state index < -0.39 is 0 Å². The van der Waals surface area contributed by atoms with E-state index >= 15 is 0 Å². The second kappa shape index (κ2) is 8.61. The van der Waals surface area contributed by atoms with Gasteiger partial charge in [0.25, 0.3) is 0 Å². The summed E-state index contributed by atoms with van der Waals surface area (Å²) in [6.07, 6.45) is 9.17. The highest BCUT2D eigenvalue weighted by Crippen LogP contribution is 2.47. The third-order valence-corrected chi connectivity index (χ3v) is 8.20. The summed E-state index contributed by atoms with van der Waals surface area (Å²) in [5.74, 6) is 0. The van der Waals surface area contributed by atoms with E-state index in [1.54, 1.807) is 0 Å². The number of allylic oxidation sites excluding steroid dienone is 4. The molecule has 4 atom stereocenters. The number of hydrogen-bond acceptors (Lipinski definition) is 1. The first kappa shape index (κ1) is 23.5. The first-order chi connectivity index (χ1) is 15.6. The molecule has 2 aliphatic carbocycles. The van der Waals surface area contributed by atoms with E-state index in [4.69, 9.17) is 4.74 Å². The quantitative estimate of drug-likeness (QED) is 0.469. The first-order valence-corrected chi connectivity index (χ1v) is 12.1. The van der Waals surface area contributed by atoms with Crippen molar-refractivity contribution in [3.63, 3.8) is 0 Å². The van der Waals surface area contributed by atoms with Crippen LogP contribution in [0.4, 0.5) is 0 Å². The van der Waals surface area contributed by atoms with E-state index in [1.165, 1.54) is 44.5 Å². The maximum absolute atomic E-state index is 7.23. The van der Waals surface area contributed by atoms with Gasteiger partial charge in [-0.05, 0) is 77.6 Å². The summed E-state index contributed by atoms with van der Waals surface area (Å²) in [6, 6.07) is 17.5. The lowest BCUT2D eigenvalue weighted by Gasteiger charge is -2.47. The van der Waals surface area contributed by atoms with Gasteiger partial charge in [-0.15, -0.1) is 0 Å². The summed E-state index contributed by atoms with van der Waals surface area (Å²) in [5.41, 5.74) is 10.1. The van der Waals surface area contributed by atoms with E-state index in [-0.39, 0.29) is 23.0 Å². The number of ether oxygens (including phenoxy) is 1. The molecule has 1 nitrogen and oxygen atoms in total. The molecule has 172 valence electrons. The monoisotopic (exact) mass is 438 g/mol. The molecule has 0 saturated carbocycles. The number of benzene rings is 2. The van der Waals surface area contributed by atoms with Crippen LogP contribution in [0.1, 0.15) is 63.8 Å². The lowest BCUT2D eigenvalue weighted by molar-refractivity contribution is -0.0227. The van der Waals surface area contributed by atoms with Crippen molar-refractivity contribution >= 4 is 0 Å². The van der Waals surface area contributed by atoms with Gasteiger partial charge in [0.2, 0.25) is 0 Å². The predicted molar refractivity (Wildman–Crippen MR) is 141 cm³/mol. The molecule has 0 spiro atoms. The molecule has 1 heteroatoms. The molecule has 0 aromatic heterocycles. The van der Waals surface area contributed by atoms with E-state index in [1.807, 2.05) is 0 Å². The van der Waals surface area contributed by atoms with Crippen molar-refractivity contribution in [3.8, 4) is 0 Å². The summed E-state index contributed by atoms with van der Waals surface area (Å²) in [4.78, 5) is 0. The molecule has 2 aliphatic rings. The molecule has 0 amide bonds. The molecule has 2 aromatic rings. The fraction of sp³-hybridized carbons (Fsp3) is 0.375. The second-order valence-electron chi connectivity index (χ2n) is 10.5. The molecule has 0 saturated heterocycles. The van der Waals surface area contributed by atoms with Crippen molar-refractivity contribution in [2.75, 3.05) is 0 Å². The van der Waals surface area contributed by atoms with Gasteiger partial charge in [0, 0.05) is 10.8 Å². The SMILES string of the molecule is CC1=CC(OC2C=C(C)C=C(C)C2(C)c2ccccc2C)C(C)(c2ccccc2C)C(C)=C1. The fourth-order valence-electron chi connectivity index (χ4n) is 5.89. The highest BCUT2D eigenvalue weighted by atomic mass is 16.5. The third-order valence-electron chi connectivity index (χ3n) is 8.20. The van der Waals surface area contributed by atoms with Crippen molar-refractivity contribution in [1.29, 1.82) is 0 Å². The van der Waals surface area contributed by atoms with Crippen LogP contribution in [0.25, 0.3) is 0 Å². The molecule has 0 aliphatic heterocycles. The zero-order valence-electron chi connectivity index (χ0n) is 21.5. The normalized spacial score (nSPS) is 29.7.